The van der Waals surface area contributed by atoms with Gasteiger partial charge in [-0.05, 0) is 37.9 Å². The average molecular weight is 218 g/mol. The molecule has 0 rings (SSSR count). The second-order valence-corrected chi connectivity index (χ2v) is 5.10. The third-order valence-electron chi connectivity index (χ3n) is 2.56. The standard InChI is InChI=1S/C11H26N2S/c1-4-6-8-13(3)11(10-12)7-9-14-5-2/h11H,4-10,12H2,1-3H3. The number of hydrogen-bond acceptors (Lipinski definition) is 3. The van der Waals surface area contributed by atoms with Crippen LogP contribution in [0.1, 0.15) is 33.1 Å². The van der Waals surface area contributed by atoms with Crippen LogP contribution in [-0.2, 0) is 0 Å². The molecular weight excluding hydrogens is 192 g/mol. The van der Waals surface area contributed by atoms with Crippen molar-refractivity contribution in [2.24, 2.45) is 5.73 Å². The summed E-state index contributed by atoms with van der Waals surface area (Å²) >= 11 is 2.01. The minimum atomic E-state index is 0.584. The van der Waals surface area contributed by atoms with Crippen LogP contribution in [0.2, 0.25) is 0 Å². The molecule has 0 spiro atoms. The summed E-state index contributed by atoms with van der Waals surface area (Å²) in [4.78, 5) is 2.42. The fourth-order valence-corrected chi connectivity index (χ4v) is 2.20. The van der Waals surface area contributed by atoms with Crippen LogP contribution in [0, 0.1) is 0 Å². The lowest BCUT2D eigenvalue weighted by atomic mass is 10.2. The Morgan fingerprint density at radius 2 is 2.07 bits per heavy atom. The van der Waals surface area contributed by atoms with E-state index in [0.29, 0.717) is 6.04 Å². The monoisotopic (exact) mass is 218 g/mol. The van der Waals surface area contributed by atoms with Gasteiger partial charge in [0.05, 0.1) is 0 Å². The Labute approximate surface area is 93.6 Å². The molecule has 1 unspecified atom stereocenters. The summed E-state index contributed by atoms with van der Waals surface area (Å²) in [6.45, 7) is 6.43. The summed E-state index contributed by atoms with van der Waals surface area (Å²) in [6, 6.07) is 0.584. The normalized spacial score (nSPS) is 13.5. The summed E-state index contributed by atoms with van der Waals surface area (Å²) in [6.07, 6.45) is 3.79. The van der Waals surface area contributed by atoms with Crippen LogP contribution in [0.4, 0.5) is 0 Å². The maximum Gasteiger partial charge on any atom is 0.0223 e. The van der Waals surface area contributed by atoms with Gasteiger partial charge in [-0.3, -0.25) is 0 Å². The zero-order valence-electron chi connectivity index (χ0n) is 9.96. The first-order chi connectivity index (χ1) is 6.76. The van der Waals surface area contributed by atoms with Crippen LogP contribution in [-0.4, -0.2) is 42.6 Å². The van der Waals surface area contributed by atoms with Gasteiger partial charge in [0.1, 0.15) is 0 Å². The third kappa shape index (κ3) is 6.68. The number of likely N-dealkylation sites (N-methyl/N-ethyl adjacent to an activating group) is 1. The van der Waals surface area contributed by atoms with Gasteiger partial charge in [0, 0.05) is 12.6 Å². The van der Waals surface area contributed by atoms with Crippen molar-refractivity contribution in [2.45, 2.75) is 39.2 Å². The molecule has 14 heavy (non-hydrogen) atoms. The largest absolute Gasteiger partial charge is 0.329 e. The second kappa shape index (κ2) is 9.81. The van der Waals surface area contributed by atoms with Crippen LogP contribution >= 0.6 is 11.8 Å². The van der Waals surface area contributed by atoms with Crippen molar-refractivity contribution in [3.63, 3.8) is 0 Å². The van der Waals surface area contributed by atoms with Crippen LogP contribution < -0.4 is 5.73 Å². The zero-order chi connectivity index (χ0) is 10.8. The summed E-state index contributed by atoms with van der Waals surface area (Å²) < 4.78 is 0. The van der Waals surface area contributed by atoms with Crippen LogP contribution in [0.15, 0.2) is 0 Å². The highest BCUT2D eigenvalue weighted by Gasteiger charge is 2.11. The number of nitrogens with two attached hydrogens (primary N) is 1. The summed E-state index contributed by atoms with van der Waals surface area (Å²) in [5.41, 5.74) is 5.78. The lowest BCUT2D eigenvalue weighted by molar-refractivity contribution is 0.239. The van der Waals surface area contributed by atoms with E-state index in [1.807, 2.05) is 11.8 Å². The molecule has 0 aliphatic heterocycles. The van der Waals surface area contributed by atoms with E-state index in [1.54, 1.807) is 0 Å². The minimum absolute atomic E-state index is 0.584. The highest BCUT2D eigenvalue weighted by atomic mass is 32.2. The highest BCUT2D eigenvalue weighted by Crippen LogP contribution is 2.08. The smallest absolute Gasteiger partial charge is 0.0223 e. The first-order valence-corrected chi connectivity index (χ1v) is 6.89. The lowest BCUT2D eigenvalue weighted by Gasteiger charge is -2.26. The van der Waals surface area contributed by atoms with Crippen molar-refractivity contribution in [2.75, 3.05) is 31.6 Å². The number of thioether (sulfide) groups is 1. The van der Waals surface area contributed by atoms with Crippen LogP contribution in [0.5, 0.6) is 0 Å². The van der Waals surface area contributed by atoms with Crippen LogP contribution in [0.3, 0.4) is 0 Å². The van der Waals surface area contributed by atoms with Crippen molar-refractivity contribution in [3.05, 3.63) is 0 Å². The topological polar surface area (TPSA) is 29.3 Å². The lowest BCUT2D eigenvalue weighted by Crippen LogP contribution is -2.38. The molecule has 0 aromatic rings. The Bertz CT molecular complexity index is 120. The maximum absolute atomic E-state index is 5.78. The van der Waals surface area contributed by atoms with E-state index in [-0.39, 0.29) is 0 Å². The molecule has 2 N–H and O–H groups in total. The molecule has 0 aromatic heterocycles. The molecule has 0 radical (unpaired) electrons. The van der Waals surface area contributed by atoms with E-state index >= 15 is 0 Å². The molecule has 0 saturated carbocycles. The number of rotatable bonds is 9. The SMILES string of the molecule is CCCCN(C)C(CN)CCSCC. The third-order valence-corrected chi connectivity index (χ3v) is 3.49. The Kier molecular flexibility index (Phi) is 10.0. The summed E-state index contributed by atoms with van der Waals surface area (Å²) in [7, 11) is 2.20. The fraction of sp³-hybridized carbons (Fsp3) is 1.00. The van der Waals surface area contributed by atoms with Crippen molar-refractivity contribution < 1.29 is 0 Å². The van der Waals surface area contributed by atoms with Gasteiger partial charge in [0.25, 0.3) is 0 Å². The molecule has 0 aliphatic carbocycles. The van der Waals surface area contributed by atoms with E-state index < -0.39 is 0 Å². The molecule has 0 fully saturated rings. The highest BCUT2D eigenvalue weighted by molar-refractivity contribution is 7.99. The number of nitrogens with zero attached hydrogens (tertiary/aromatic N) is 1. The number of hydrogen-bond donors (Lipinski definition) is 1. The molecule has 0 bridgehead atoms. The van der Waals surface area contributed by atoms with Gasteiger partial charge in [0.2, 0.25) is 0 Å². The van der Waals surface area contributed by atoms with Gasteiger partial charge in [0.15, 0.2) is 0 Å². The van der Waals surface area contributed by atoms with Crippen molar-refractivity contribution in [1.29, 1.82) is 0 Å². The molecule has 0 aromatic carbocycles. The van der Waals surface area contributed by atoms with Gasteiger partial charge in [-0.2, -0.15) is 11.8 Å². The second-order valence-electron chi connectivity index (χ2n) is 3.71. The quantitative estimate of drug-likeness (QED) is 0.602. The Hall–Kier alpha value is 0.270. The molecule has 2 nitrogen and oxygen atoms in total. The van der Waals surface area contributed by atoms with Crippen LogP contribution in [0.25, 0.3) is 0 Å². The predicted molar refractivity (Wildman–Crippen MR) is 68.0 cm³/mol. The molecule has 86 valence electrons. The van der Waals surface area contributed by atoms with Gasteiger partial charge >= 0.3 is 0 Å². The van der Waals surface area contributed by atoms with Gasteiger partial charge < -0.3 is 10.6 Å². The van der Waals surface area contributed by atoms with Gasteiger partial charge in [-0.25, -0.2) is 0 Å². The molecule has 3 heteroatoms. The van der Waals surface area contributed by atoms with E-state index in [9.17, 15) is 0 Å². The van der Waals surface area contributed by atoms with E-state index in [2.05, 4.69) is 25.8 Å². The first-order valence-electron chi connectivity index (χ1n) is 5.74. The van der Waals surface area contributed by atoms with E-state index in [4.69, 9.17) is 5.73 Å². The Morgan fingerprint density at radius 3 is 2.57 bits per heavy atom. The molecule has 0 aliphatic rings. The van der Waals surface area contributed by atoms with Crippen molar-refractivity contribution in [1.82, 2.24) is 4.90 Å². The van der Waals surface area contributed by atoms with Crippen molar-refractivity contribution >= 4 is 11.8 Å². The molecule has 1 atom stereocenters. The predicted octanol–water partition coefficient (Wildman–Crippen LogP) is 2.19. The van der Waals surface area contributed by atoms with E-state index in [1.165, 1.54) is 37.3 Å². The molecule has 0 heterocycles. The molecule has 0 amide bonds. The van der Waals surface area contributed by atoms with Gasteiger partial charge in [-0.1, -0.05) is 20.3 Å². The van der Waals surface area contributed by atoms with Crippen molar-refractivity contribution in [3.8, 4) is 0 Å². The Balaban J connectivity index is 3.62. The molecular formula is C11H26N2S. The van der Waals surface area contributed by atoms with E-state index in [0.717, 1.165) is 6.54 Å². The number of unbranched alkanes of at least 4 members (excludes halogenated alkanes) is 1. The van der Waals surface area contributed by atoms with Gasteiger partial charge in [-0.15, -0.1) is 0 Å². The fourth-order valence-electron chi connectivity index (χ4n) is 1.47. The summed E-state index contributed by atoms with van der Waals surface area (Å²) in [5.74, 6) is 2.46. The molecule has 0 saturated heterocycles. The average Bonchev–Trinajstić information content (AvgIpc) is 2.21. The first kappa shape index (κ1) is 14.3. The zero-order valence-corrected chi connectivity index (χ0v) is 10.8. The minimum Gasteiger partial charge on any atom is -0.329 e. The maximum atomic E-state index is 5.78. The Morgan fingerprint density at radius 1 is 1.36 bits per heavy atom. The summed E-state index contributed by atoms with van der Waals surface area (Å²) in [5, 5.41) is 0.